The molecule has 0 bridgehead atoms. The van der Waals surface area contributed by atoms with Crippen LogP contribution in [0, 0.1) is 6.92 Å². The van der Waals surface area contributed by atoms with Gasteiger partial charge in [0.15, 0.2) is 0 Å². The molecule has 0 atom stereocenters. The summed E-state index contributed by atoms with van der Waals surface area (Å²) in [5.41, 5.74) is 2.62. The molecule has 114 valence electrons. The highest BCUT2D eigenvalue weighted by atomic mass is 16.2. The number of benzene rings is 1. The van der Waals surface area contributed by atoms with E-state index >= 15 is 0 Å². The van der Waals surface area contributed by atoms with Crippen molar-refractivity contribution in [1.29, 1.82) is 0 Å². The number of carbonyl (C=O) groups excluding carboxylic acids is 1. The second-order valence-electron chi connectivity index (χ2n) is 6.13. The number of piperazine rings is 1. The maximum absolute atomic E-state index is 12.2. The van der Waals surface area contributed by atoms with Crippen LogP contribution in [0.2, 0.25) is 0 Å². The molecule has 21 heavy (non-hydrogen) atoms. The zero-order valence-electron chi connectivity index (χ0n) is 12.8. The van der Waals surface area contributed by atoms with Crippen LogP contribution in [0.1, 0.15) is 24.8 Å². The standard InChI is InChI=1S/C17H25N3O/c1-14-4-2-3-5-16(14)19-10-12-20(13-11-19)17(21)8-9-18-15-6-7-15/h2-5,15,18H,6-13H2,1H3. The number of nitrogens with zero attached hydrogens (tertiary/aromatic N) is 2. The van der Waals surface area contributed by atoms with E-state index in [4.69, 9.17) is 0 Å². The number of hydrogen-bond acceptors (Lipinski definition) is 3. The molecule has 1 aliphatic carbocycles. The fourth-order valence-electron chi connectivity index (χ4n) is 2.94. The van der Waals surface area contributed by atoms with E-state index in [-0.39, 0.29) is 0 Å². The molecular formula is C17H25N3O. The zero-order valence-corrected chi connectivity index (χ0v) is 12.8. The summed E-state index contributed by atoms with van der Waals surface area (Å²) < 4.78 is 0. The molecular weight excluding hydrogens is 262 g/mol. The number of amides is 1. The third kappa shape index (κ3) is 3.76. The van der Waals surface area contributed by atoms with E-state index in [1.165, 1.54) is 24.1 Å². The largest absolute Gasteiger partial charge is 0.368 e. The van der Waals surface area contributed by atoms with Crippen LogP contribution < -0.4 is 10.2 Å². The lowest BCUT2D eigenvalue weighted by atomic mass is 10.1. The van der Waals surface area contributed by atoms with Gasteiger partial charge in [-0.3, -0.25) is 4.79 Å². The van der Waals surface area contributed by atoms with Crippen LogP contribution in [-0.4, -0.2) is 49.6 Å². The molecule has 2 aliphatic rings. The number of hydrogen-bond donors (Lipinski definition) is 1. The number of anilines is 1. The summed E-state index contributed by atoms with van der Waals surface area (Å²) in [6, 6.07) is 9.17. The van der Waals surface area contributed by atoms with Crippen molar-refractivity contribution in [2.24, 2.45) is 0 Å². The molecule has 1 aromatic rings. The maximum Gasteiger partial charge on any atom is 0.223 e. The summed E-state index contributed by atoms with van der Waals surface area (Å²) in [6.07, 6.45) is 3.20. The van der Waals surface area contributed by atoms with Gasteiger partial charge in [0.2, 0.25) is 5.91 Å². The van der Waals surface area contributed by atoms with Gasteiger partial charge in [-0.15, -0.1) is 0 Å². The van der Waals surface area contributed by atoms with E-state index in [2.05, 4.69) is 41.4 Å². The molecule has 1 aromatic carbocycles. The van der Waals surface area contributed by atoms with Gasteiger partial charge in [-0.1, -0.05) is 18.2 Å². The molecule has 1 amide bonds. The van der Waals surface area contributed by atoms with Gasteiger partial charge in [-0.2, -0.15) is 0 Å². The highest BCUT2D eigenvalue weighted by Gasteiger charge is 2.23. The first kappa shape index (κ1) is 14.4. The highest BCUT2D eigenvalue weighted by Crippen LogP contribution is 2.21. The first-order valence-electron chi connectivity index (χ1n) is 8.06. The van der Waals surface area contributed by atoms with E-state index in [0.29, 0.717) is 18.4 Å². The Hall–Kier alpha value is -1.55. The van der Waals surface area contributed by atoms with E-state index in [0.717, 1.165) is 32.7 Å². The van der Waals surface area contributed by atoms with Crippen molar-refractivity contribution >= 4 is 11.6 Å². The lowest BCUT2D eigenvalue weighted by molar-refractivity contribution is -0.131. The fraction of sp³-hybridized carbons (Fsp3) is 0.588. The van der Waals surface area contributed by atoms with Gasteiger partial charge in [0, 0.05) is 50.9 Å². The highest BCUT2D eigenvalue weighted by molar-refractivity contribution is 5.76. The third-order valence-electron chi connectivity index (χ3n) is 4.44. The smallest absolute Gasteiger partial charge is 0.223 e. The molecule has 1 heterocycles. The van der Waals surface area contributed by atoms with E-state index < -0.39 is 0 Å². The Labute approximate surface area is 127 Å². The fourth-order valence-corrected chi connectivity index (χ4v) is 2.94. The molecule has 2 fully saturated rings. The Morgan fingerprint density at radius 1 is 1.19 bits per heavy atom. The normalized spacial score (nSPS) is 18.9. The van der Waals surface area contributed by atoms with Crippen molar-refractivity contribution < 1.29 is 4.79 Å². The molecule has 3 rings (SSSR count). The van der Waals surface area contributed by atoms with Crippen LogP contribution >= 0.6 is 0 Å². The Morgan fingerprint density at radius 2 is 1.90 bits per heavy atom. The van der Waals surface area contributed by atoms with Crippen LogP contribution in [0.5, 0.6) is 0 Å². The van der Waals surface area contributed by atoms with Crippen molar-refractivity contribution in [1.82, 2.24) is 10.2 Å². The first-order valence-corrected chi connectivity index (χ1v) is 8.06. The molecule has 0 aromatic heterocycles. The van der Waals surface area contributed by atoms with Crippen LogP contribution in [0.15, 0.2) is 24.3 Å². The van der Waals surface area contributed by atoms with Crippen LogP contribution in [0.25, 0.3) is 0 Å². The second-order valence-corrected chi connectivity index (χ2v) is 6.13. The first-order chi connectivity index (χ1) is 10.2. The van der Waals surface area contributed by atoms with E-state index in [1.54, 1.807) is 0 Å². The Kier molecular flexibility index (Phi) is 4.44. The minimum atomic E-state index is 0.299. The topological polar surface area (TPSA) is 35.6 Å². The number of rotatable bonds is 5. The number of aryl methyl sites for hydroxylation is 1. The van der Waals surface area contributed by atoms with Crippen molar-refractivity contribution in [2.75, 3.05) is 37.6 Å². The van der Waals surface area contributed by atoms with Gasteiger partial charge in [-0.25, -0.2) is 0 Å². The molecule has 1 aliphatic heterocycles. The van der Waals surface area contributed by atoms with Crippen molar-refractivity contribution in [3.05, 3.63) is 29.8 Å². The SMILES string of the molecule is Cc1ccccc1N1CCN(C(=O)CCNC2CC2)CC1. The Morgan fingerprint density at radius 3 is 2.57 bits per heavy atom. The lowest BCUT2D eigenvalue weighted by Crippen LogP contribution is -2.49. The summed E-state index contributed by atoms with van der Waals surface area (Å²) in [6.45, 7) is 6.55. The average Bonchev–Trinajstić information content (AvgIpc) is 3.32. The van der Waals surface area contributed by atoms with Gasteiger partial charge < -0.3 is 15.1 Å². The predicted molar refractivity (Wildman–Crippen MR) is 85.6 cm³/mol. The van der Waals surface area contributed by atoms with Crippen LogP contribution in [-0.2, 0) is 4.79 Å². The van der Waals surface area contributed by atoms with Gasteiger partial charge in [0.05, 0.1) is 0 Å². The molecule has 4 heteroatoms. The lowest BCUT2D eigenvalue weighted by Gasteiger charge is -2.37. The summed E-state index contributed by atoms with van der Waals surface area (Å²) >= 11 is 0. The summed E-state index contributed by atoms with van der Waals surface area (Å²) in [5, 5.41) is 3.41. The predicted octanol–water partition coefficient (Wildman–Crippen LogP) is 1.79. The summed E-state index contributed by atoms with van der Waals surface area (Å²) in [4.78, 5) is 16.6. The Balaban J connectivity index is 1.45. The number of para-hydroxylation sites is 1. The van der Waals surface area contributed by atoms with Crippen LogP contribution in [0.4, 0.5) is 5.69 Å². The van der Waals surface area contributed by atoms with Crippen molar-refractivity contribution in [3.63, 3.8) is 0 Å². The van der Waals surface area contributed by atoms with Gasteiger partial charge in [0.1, 0.15) is 0 Å². The minimum Gasteiger partial charge on any atom is -0.368 e. The van der Waals surface area contributed by atoms with Crippen LogP contribution in [0.3, 0.4) is 0 Å². The van der Waals surface area contributed by atoms with Gasteiger partial charge in [-0.05, 0) is 31.4 Å². The Bertz CT molecular complexity index is 491. The minimum absolute atomic E-state index is 0.299. The monoisotopic (exact) mass is 287 g/mol. The zero-order chi connectivity index (χ0) is 14.7. The molecule has 1 saturated heterocycles. The molecule has 1 saturated carbocycles. The number of nitrogens with one attached hydrogen (secondary N) is 1. The molecule has 0 spiro atoms. The molecule has 4 nitrogen and oxygen atoms in total. The van der Waals surface area contributed by atoms with Crippen molar-refractivity contribution in [3.8, 4) is 0 Å². The maximum atomic E-state index is 12.2. The molecule has 1 N–H and O–H groups in total. The quantitative estimate of drug-likeness (QED) is 0.897. The molecule has 0 unspecified atom stereocenters. The van der Waals surface area contributed by atoms with E-state index in [1.807, 2.05) is 4.90 Å². The van der Waals surface area contributed by atoms with Gasteiger partial charge in [0.25, 0.3) is 0 Å². The van der Waals surface area contributed by atoms with E-state index in [9.17, 15) is 4.79 Å². The summed E-state index contributed by atoms with van der Waals surface area (Å²) in [7, 11) is 0. The number of carbonyl (C=O) groups is 1. The molecule has 0 radical (unpaired) electrons. The average molecular weight is 287 g/mol. The van der Waals surface area contributed by atoms with Gasteiger partial charge >= 0.3 is 0 Å². The third-order valence-corrected chi connectivity index (χ3v) is 4.44. The second kappa shape index (κ2) is 6.48. The van der Waals surface area contributed by atoms with Crippen molar-refractivity contribution in [2.45, 2.75) is 32.2 Å². The summed E-state index contributed by atoms with van der Waals surface area (Å²) in [5.74, 6) is 0.299.